The first kappa shape index (κ1) is 19.5. The molecule has 1 atom stereocenters. The fraction of sp³-hybridized carbons (Fsp3) is 0.120. The molecule has 0 amide bonds. The minimum Gasteiger partial charge on any atom is -0.493 e. The predicted molar refractivity (Wildman–Crippen MR) is 116 cm³/mol. The number of benzene rings is 3. The number of esters is 1. The van der Waals surface area contributed by atoms with E-state index in [1.165, 1.54) is 0 Å². The maximum Gasteiger partial charge on any atom is 0.363 e. The van der Waals surface area contributed by atoms with Gasteiger partial charge in [0.15, 0.2) is 17.2 Å². The maximum absolute atomic E-state index is 12.2. The van der Waals surface area contributed by atoms with Gasteiger partial charge in [0.2, 0.25) is 5.90 Å². The number of methoxy groups -OCH3 is 1. The van der Waals surface area contributed by atoms with Crippen molar-refractivity contribution in [3.8, 4) is 11.5 Å². The van der Waals surface area contributed by atoms with Crippen molar-refractivity contribution in [3.63, 3.8) is 0 Å². The van der Waals surface area contributed by atoms with E-state index in [9.17, 15) is 4.79 Å². The van der Waals surface area contributed by atoms with Gasteiger partial charge >= 0.3 is 5.97 Å². The zero-order chi connectivity index (χ0) is 20.9. The zero-order valence-corrected chi connectivity index (χ0v) is 16.7. The van der Waals surface area contributed by atoms with Crippen LogP contribution in [-0.2, 0) is 9.53 Å². The van der Waals surface area contributed by atoms with E-state index in [1.54, 1.807) is 13.2 Å². The molecule has 0 fully saturated rings. The van der Waals surface area contributed by atoms with Crippen molar-refractivity contribution in [2.24, 2.45) is 4.99 Å². The minimum absolute atomic E-state index is 0.132. The van der Waals surface area contributed by atoms with Crippen molar-refractivity contribution in [2.75, 3.05) is 7.11 Å². The topological polar surface area (TPSA) is 57.1 Å². The standard InChI is InChI=1S/C25H21NO4/c1-17(19-9-5-3-6-10-19)29-22-14-13-18(16-23(22)28-2)15-21-25(27)30-24(26-21)20-11-7-4-8-12-20/h3-17H,1-2H3/b21-15-/t17-/m0/s1. The van der Waals surface area contributed by atoms with Crippen LogP contribution in [0.2, 0.25) is 0 Å². The third-order valence-corrected chi connectivity index (χ3v) is 4.71. The largest absolute Gasteiger partial charge is 0.493 e. The highest BCUT2D eigenvalue weighted by Gasteiger charge is 2.24. The molecular weight excluding hydrogens is 378 g/mol. The molecular formula is C25H21NO4. The summed E-state index contributed by atoms with van der Waals surface area (Å²) < 4.78 is 16.9. The van der Waals surface area contributed by atoms with Crippen LogP contribution in [0.1, 0.15) is 29.7 Å². The first-order valence-corrected chi connectivity index (χ1v) is 9.61. The van der Waals surface area contributed by atoms with E-state index in [0.29, 0.717) is 17.4 Å². The highest BCUT2D eigenvalue weighted by molar-refractivity contribution is 6.12. The monoisotopic (exact) mass is 399 g/mol. The van der Waals surface area contributed by atoms with E-state index in [2.05, 4.69) is 4.99 Å². The van der Waals surface area contributed by atoms with E-state index < -0.39 is 5.97 Å². The van der Waals surface area contributed by atoms with E-state index in [4.69, 9.17) is 14.2 Å². The average molecular weight is 399 g/mol. The zero-order valence-electron chi connectivity index (χ0n) is 16.7. The van der Waals surface area contributed by atoms with E-state index >= 15 is 0 Å². The number of ether oxygens (including phenoxy) is 3. The number of aliphatic imine (C=N–C) groups is 1. The SMILES string of the molecule is COc1cc(/C=C2\N=C(c3ccccc3)OC2=O)ccc1O[C@@H](C)c1ccccc1. The average Bonchev–Trinajstić information content (AvgIpc) is 3.16. The molecule has 3 aromatic carbocycles. The molecule has 0 N–H and O–H groups in total. The number of rotatable bonds is 6. The lowest BCUT2D eigenvalue weighted by atomic mass is 10.1. The molecule has 30 heavy (non-hydrogen) atoms. The second-order valence-electron chi connectivity index (χ2n) is 6.78. The Hall–Kier alpha value is -3.86. The van der Waals surface area contributed by atoms with Gasteiger partial charge in [-0.2, -0.15) is 0 Å². The smallest absolute Gasteiger partial charge is 0.363 e. The number of carbonyl (C=O) groups is 1. The fourth-order valence-electron chi connectivity index (χ4n) is 3.13. The lowest BCUT2D eigenvalue weighted by molar-refractivity contribution is -0.129. The van der Waals surface area contributed by atoms with Gasteiger partial charge in [-0.15, -0.1) is 0 Å². The van der Waals surface area contributed by atoms with Crippen molar-refractivity contribution in [1.82, 2.24) is 0 Å². The Balaban J connectivity index is 1.57. The Labute approximate surface area is 175 Å². The number of carbonyl (C=O) groups excluding carboxylic acids is 1. The number of cyclic esters (lactones) is 1. The van der Waals surface area contributed by atoms with Crippen LogP contribution in [0.5, 0.6) is 11.5 Å². The molecule has 0 spiro atoms. The second kappa shape index (κ2) is 8.66. The van der Waals surface area contributed by atoms with E-state index in [1.807, 2.05) is 85.8 Å². The van der Waals surface area contributed by atoms with Gasteiger partial charge in [0.1, 0.15) is 6.10 Å². The molecule has 150 valence electrons. The molecule has 4 rings (SSSR count). The molecule has 0 saturated heterocycles. The lowest BCUT2D eigenvalue weighted by Crippen LogP contribution is -2.05. The molecule has 0 bridgehead atoms. The van der Waals surface area contributed by atoms with Crippen LogP contribution in [0.4, 0.5) is 0 Å². The number of hydrogen-bond acceptors (Lipinski definition) is 5. The second-order valence-corrected chi connectivity index (χ2v) is 6.78. The lowest BCUT2D eigenvalue weighted by Gasteiger charge is -2.17. The van der Waals surface area contributed by atoms with Gasteiger partial charge in [-0.05, 0) is 48.4 Å². The summed E-state index contributed by atoms with van der Waals surface area (Å²) in [6.45, 7) is 1.99. The van der Waals surface area contributed by atoms with Gasteiger partial charge in [0.05, 0.1) is 7.11 Å². The Morgan fingerprint density at radius 1 is 0.933 bits per heavy atom. The van der Waals surface area contributed by atoms with Crippen LogP contribution in [-0.4, -0.2) is 19.0 Å². The van der Waals surface area contributed by atoms with Crippen LogP contribution in [0.3, 0.4) is 0 Å². The van der Waals surface area contributed by atoms with Crippen LogP contribution < -0.4 is 9.47 Å². The van der Waals surface area contributed by atoms with E-state index in [0.717, 1.165) is 16.7 Å². The third-order valence-electron chi connectivity index (χ3n) is 4.71. The molecule has 1 heterocycles. The maximum atomic E-state index is 12.2. The highest BCUT2D eigenvalue weighted by atomic mass is 16.6. The fourth-order valence-corrected chi connectivity index (χ4v) is 3.13. The van der Waals surface area contributed by atoms with Crippen molar-refractivity contribution in [1.29, 1.82) is 0 Å². The summed E-state index contributed by atoms with van der Waals surface area (Å²) >= 11 is 0. The Kier molecular flexibility index (Phi) is 5.61. The summed E-state index contributed by atoms with van der Waals surface area (Å²) in [4.78, 5) is 16.6. The van der Waals surface area contributed by atoms with Gasteiger partial charge in [-0.25, -0.2) is 9.79 Å². The first-order valence-electron chi connectivity index (χ1n) is 9.61. The quantitative estimate of drug-likeness (QED) is 0.423. The summed E-state index contributed by atoms with van der Waals surface area (Å²) in [6.07, 6.45) is 1.54. The van der Waals surface area contributed by atoms with Crippen LogP contribution in [0.25, 0.3) is 6.08 Å². The molecule has 0 radical (unpaired) electrons. The Morgan fingerprint density at radius 2 is 1.63 bits per heavy atom. The van der Waals surface area contributed by atoms with Crippen molar-refractivity contribution >= 4 is 17.9 Å². The van der Waals surface area contributed by atoms with Gasteiger partial charge in [0, 0.05) is 5.56 Å². The van der Waals surface area contributed by atoms with Crippen LogP contribution >= 0.6 is 0 Å². The van der Waals surface area contributed by atoms with Crippen LogP contribution in [0, 0.1) is 0 Å². The third kappa shape index (κ3) is 4.25. The number of hydrogen-bond donors (Lipinski definition) is 0. The molecule has 3 aromatic rings. The number of nitrogens with zero attached hydrogens (tertiary/aromatic N) is 1. The summed E-state index contributed by atoms with van der Waals surface area (Å²) in [5.74, 6) is 1.02. The predicted octanol–water partition coefficient (Wildman–Crippen LogP) is 5.18. The molecule has 0 saturated carbocycles. The Bertz CT molecular complexity index is 1100. The molecule has 0 aromatic heterocycles. The van der Waals surface area contributed by atoms with Gasteiger partial charge in [-0.1, -0.05) is 54.6 Å². The van der Waals surface area contributed by atoms with Crippen molar-refractivity contribution < 1.29 is 19.0 Å². The van der Waals surface area contributed by atoms with Crippen molar-refractivity contribution in [2.45, 2.75) is 13.0 Å². The molecule has 0 aliphatic carbocycles. The van der Waals surface area contributed by atoms with Gasteiger partial charge < -0.3 is 14.2 Å². The molecule has 5 nitrogen and oxygen atoms in total. The minimum atomic E-state index is -0.481. The summed E-state index contributed by atoms with van der Waals surface area (Å²) in [7, 11) is 1.59. The Morgan fingerprint density at radius 3 is 2.33 bits per heavy atom. The normalized spacial score (nSPS) is 15.5. The highest BCUT2D eigenvalue weighted by Crippen LogP contribution is 2.33. The van der Waals surface area contributed by atoms with Crippen LogP contribution in [0.15, 0.2) is 89.6 Å². The molecule has 1 aliphatic heterocycles. The summed E-state index contributed by atoms with van der Waals surface area (Å²) in [6, 6.07) is 24.8. The molecule has 5 heteroatoms. The van der Waals surface area contributed by atoms with Gasteiger partial charge in [0.25, 0.3) is 0 Å². The summed E-state index contributed by atoms with van der Waals surface area (Å²) in [5.41, 5.74) is 2.83. The van der Waals surface area contributed by atoms with Crippen molar-refractivity contribution in [3.05, 3.63) is 101 Å². The molecule has 0 unspecified atom stereocenters. The first-order chi connectivity index (χ1) is 14.6. The summed E-state index contributed by atoms with van der Waals surface area (Å²) in [5, 5.41) is 0. The van der Waals surface area contributed by atoms with E-state index in [-0.39, 0.29) is 11.8 Å². The molecule has 1 aliphatic rings. The van der Waals surface area contributed by atoms with Gasteiger partial charge in [-0.3, -0.25) is 0 Å².